The number of nitrogens with zero attached hydrogens (tertiary/aromatic N) is 1. The van der Waals surface area contributed by atoms with Crippen LogP contribution in [0.4, 0.5) is 14.9 Å². The fourth-order valence-electron chi connectivity index (χ4n) is 2.77. The van der Waals surface area contributed by atoms with Crippen molar-refractivity contribution in [2.45, 2.75) is 52.7 Å². The Bertz CT molecular complexity index is 804. The van der Waals surface area contributed by atoms with Gasteiger partial charge in [0.1, 0.15) is 5.82 Å². The first kappa shape index (κ1) is 21.4. The highest BCUT2D eigenvalue weighted by Gasteiger charge is 2.18. The van der Waals surface area contributed by atoms with Crippen molar-refractivity contribution in [2.24, 2.45) is 0 Å². The molecule has 0 spiro atoms. The zero-order valence-electron chi connectivity index (χ0n) is 16.8. The number of rotatable bonds is 7. The van der Waals surface area contributed by atoms with Crippen molar-refractivity contribution in [3.63, 3.8) is 0 Å². The molecule has 0 radical (unpaired) electrons. The number of carbonyl (C=O) groups is 2. The molecule has 2 rings (SSSR count). The molecule has 3 amide bonds. The molecule has 0 atom stereocenters. The van der Waals surface area contributed by atoms with Gasteiger partial charge in [0.05, 0.1) is 13.0 Å². The van der Waals surface area contributed by atoms with Crippen molar-refractivity contribution < 1.29 is 14.0 Å². The summed E-state index contributed by atoms with van der Waals surface area (Å²) in [6.45, 7) is 7.89. The summed E-state index contributed by atoms with van der Waals surface area (Å²) in [6.07, 6.45) is 0.238. The van der Waals surface area contributed by atoms with E-state index < -0.39 is 0 Å². The van der Waals surface area contributed by atoms with Gasteiger partial charge < -0.3 is 10.6 Å². The quantitative estimate of drug-likeness (QED) is 0.756. The third-order valence-corrected chi connectivity index (χ3v) is 3.95. The molecule has 0 saturated heterocycles. The minimum atomic E-state index is -0.319. The third-order valence-electron chi connectivity index (χ3n) is 3.95. The Morgan fingerprint density at radius 1 is 0.929 bits per heavy atom. The van der Waals surface area contributed by atoms with E-state index >= 15 is 0 Å². The van der Waals surface area contributed by atoms with Gasteiger partial charge in [-0.05, 0) is 63.1 Å². The molecule has 0 aliphatic rings. The van der Waals surface area contributed by atoms with Crippen LogP contribution in [-0.2, 0) is 17.8 Å². The fraction of sp³-hybridized carbons (Fsp3) is 0.364. The number of hydrogen-bond donors (Lipinski definition) is 2. The van der Waals surface area contributed by atoms with Crippen LogP contribution in [0, 0.1) is 5.82 Å². The van der Waals surface area contributed by atoms with Crippen molar-refractivity contribution in [1.82, 2.24) is 10.6 Å². The molecule has 0 heterocycles. The minimum Gasteiger partial charge on any atom is -0.354 e. The number of amides is 3. The topological polar surface area (TPSA) is 61.4 Å². The zero-order valence-corrected chi connectivity index (χ0v) is 16.8. The molecule has 150 valence electrons. The first-order valence-corrected chi connectivity index (χ1v) is 9.45. The van der Waals surface area contributed by atoms with Crippen LogP contribution in [-0.4, -0.2) is 24.0 Å². The fourth-order valence-corrected chi connectivity index (χ4v) is 2.77. The van der Waals surface area contributed by atoms with Crippen LogP contribution in [0.2, 0.25) is 0 Å². The summed E-state index contributed by atoms with van der Waals surface area (Å²) in [6, 6.07) is 13.2. The van der Waals surface area contributed by atoms with Crippen LogP contribution in [0.25, 0.3) is 0 Å². The lowest BCUT2D eigenvalue weighted by atomic mass is 10.1. The molecule has 0 saturated carbocycles. The van der Waals surface area contributed by atoms with Crippen molar-refractivity contribution in [1.29, 1.82) is 0 Å². The molecule has 0 unspecified atom stereocenters. The summed E-state index contributed by atoms with van der Waals surface area (Å²) in [5.74, 6) is -0.385. The van der Waals surface area contributed by atoms with Crippen molar-refractivity contribution >= 4 is 17.6 Å². The van der Waals surface area contributed by atoms with Crippen LogP contribution in [0.1, 0.15) is 38.8 Å². The lowest BCUT2D eigenvalue weighted by molar-refractivity contribution is -0.120. The summed E-state index contributed by atoms with van der Waals surface area (Å²) in [7, 11) is 0. The van der Waals surface area contributed by atoms with Gasteiger partial charge in [-0.25, -0.2) is 9.18 Å². The molecule has 6 heteroatoms. The van der Waals surface area contributed by atoms with E-state index in [1.54, 1.807) is 17.0 Å². The van der Waals surface area contributed by atoms with E-state index in [0.29, 0.717) is 12.2 Å². The van der Waals surface area contributed by atoms with E-state index in [2.05, 4.69) is 10.6 Å². The van der Waals surface area contributed by atoms with Crippen LogP contribution in [0.5, 0.6) is 0 Å². The number of anilines is 1. The van der Waals surface area contributed by atoms with Gasteiger partial charge in [-0.15, -0.1) is 0 Å². The highest BCUT2D eigenvalue weighted by Crippen LogP contribution is 2.20. The second kappa shape index (κ2) is 9.88. The maximum absolute atomic E-state index is 13.2. The molecule has 2 N–H and O–H groups in total. The highest BCUT2D eigenvalue weighted by atomic mass is 19.1. The molecule has 0 aromatic heterocycles. The SMILES string of the molecule is CC(C)NC(=O)Cc1cccc(N(Cc2ccc(F)cc2)C(=O)NC(C)C)c1. The van der Waals surface area contributed by atoms with Gasteiger partial charge in [-0.2, -0.15) is 0 Å². The van der Waals surface area contributed by atoms with E-state index in [1.807, 2.05) is 52.0 Å². The van der Waals surface area contributed by atoms with Gasteiger partial charge in [0, 0.05) is 17.8 Å². The number of carbonyl (C=O) groups excluding carboxylic acids is 2. The summed E-state index contributed by atoms with van der Waals surface area (Å²) in [5.41, 5.74) is 2.30. The molecule has 2 aromatic rings. The van der Waals surface area contributed by atoms with Gasteiger partial charge in [0.25, 0.3) is 0 Å². The molecule has 28 heavy (non-hydrogen) atoms. The van der Waals surface area contributed by atoms with E-state index in [1.165, 1.54) is 12.1 Å². The molecule has 0 bridgehead atoms. The number of halogens is 1. The standard InChI is InChI=1S/C22H28FN3O2/c1-15(2)24-21(27)13-18-6-5-7-20(12-18)26(22(28)25-16(3)4)14-17-8-10-19(23)11-9-17/h5-12,15-16H,13-14H2,1-4H3,(H,24,27)(H,25,28). The second-order valence-corrected chi connectivity index (χ2v) is 7.39. The summed E-state index contributed by atoms with van der Waals surface area (Å²) in [4.78, 5) is 26.4. The van der Waals surface area contributed by atoms with E-state index in [0.717, 1.165) is 11.1 Å². The number of urea groups is 1. The smallest absolute Gasteiger partial charge is 0.322 e. The molecule has 2 aromatic carbocycles. The first-order chi connectivity index (χ1) is 13.2. The average molecular weight is 385 g/mol. The monoisotopic (exact) mass is 385 g/mol. The van der Waals surface area contributed by atoms with Crippen LogP contribution < -0.4 is 15.5 Å². The second-order valence-electron chi connectivity index (χ2n) is 7.39. The maximum Gasteiger partial charge on any atom is 0.322 e. The Morgan fingerprint density at radius 2 is 1.57 bits per heavy atom. The van der Waals surface area contributed by atoms with Crippen LogP contribution in [0.15, 0.2) is 48.5 Å². The third kappa shape index (κ3) is 6.68. The molecule has 0 aliphatic carbocycles. The predicted molar refractivity (Wildman–Crippen MR) is 110 cm³/mol. The van der Waals surface area contributed by atoms with Gasteiger partial charge in [0.15, 0.2) is 0 Å². The van der Waals surface area contributed by atoms with Crippen LogP contribution in [0.3, 0.4) is 0 Å². The Kier molecular flexibility index (Phi) is 7.55. The number of nitrogens with one attached hydrogen (secondary N) is 2. The maximum atomic E-state index is 13.2. The lowest BCUT2D eigenvalue weighted by Crippen LogP contribution is -2.42. The lowest BCUT2D eigenvalue weighted by Gasteiger charge is -2.25. The minimum absolute atomic E-state index is 0.0248. The molecular formula is C22H28FN3O2. The van der Waals surface area contributed by atoms with Crippen molar-refractivity contribution in [3.8, 4) is 0 Å². The summed E-state index contributed by atoms with van der Waals surface area (Å²) in [5, 5.41) is 5.76. The number of benzene rings is 2. The van der Waals surface area contributed by atoms with Gasteiger partial charge in [0.2, 0.25) is 5.91 Å². The first-order valence-electron chi connectivity index (χ1n) is 9.45. The molecule has 0 fully saturated rings. The Hall–Kier alpha value is -2.89. The summed E-state index contributed by atoms with van der Waals surface area (Å²) < 4.78 is 13.2. The predicted octanol–water partition coefficient (Wildman–Crippen LogP) is 4.02. The highest BCUT2D eigenvalue weighted by molar-refractivity contribution is 5.92. The largest absolute Gasteiger partial charge is 0.354 e. The van der Waals surface area contributed by atoms with Gasteiger partial charge >= 0.3 is 6.03 Å². The molecular weight excluding hydrogens is 357 g/mol. The Morgan fingerprint density at radius 3 is 2.18 bits per heavy atom. The molecule has 5 nitrogen and oxygen atoms in total. The van der Waals surface area contributed by atoms with Crippen molar-refractivity contribution in [2.75, 3.05) is 4.90 Å². The molecule has 0 aliphatic heterocycles. The van der Waals surface area contributed by atoms with Gasteiger partial charge in [-0.1, -0.05) is 24.3 Å². The van der Waals surface area contributed by atoms with E-state index in [-0.39, 0.29) is 36.3 Å². The Balaban J connectivity index is 2.26. The Labute approximate surface area is 165 Å². The zero-order chi connectivity index (χ0) is 20.7. The summed E-state index contributed by atoms with van der Waals surface area (Å²) >= 11 is 0. The van der Waals surface area contributed by atoms with E-state index in [4.69, 9.17) is 0 Å². The normalized spacial score (nSPS) is 10.8. The number of hydrogen-bond acceptors (Lipinski definition) is 2. The average Bonchev–Trinajstić information content (AvgIpc) is 2.60. The van der Waals surface area contributed by atoms with Gasteiger partial charge in [-0.3, -0.25) is 9.69 Å². The van der Waals surface area contributed by atoms with Crippen LogP contribution >= 0.6 is 0 Å². The van der Waals surface area contributed by atoms with Crippen molar-refractivity contribution in [3.05, 3.63) is 65.5 Å². The van der Waals surface area contributed by atoms with E-state index in [9.17, 15) is 14.0 Å².